The summed E-state index contributed by atoms with van der Waals surface area (Å²) in [6.07, 6.45) is 0. The van der Waals surface area contributed by atoms with Crippen molar-refractivity contribution < 1.29 is 4.74 Å². The van der Waals surface area contributed by atoms with Gasteiger partial charge in [0.25, 0.3) is 0 Å². The Labute approximate surface area is 115 Å². The third-order valence-corrected chi connectivity index (χ3v) is 3.11. The molecular weight excluding hydrogens is 244 g/mol. The Morgan fingerprint density at radius 1 is 1.33 bits per heavy atom. The molecule has 0 aliphatic carbocycles. The molecule has 1 aromatic carbocycles. The quantitative estimate of drug-likeness (QED) is 0.777. The van der Waals surface area contributed by atoms with Crippen molar-refractivity contribution in [3.05, 3.63) is 29.2 Å². The number of thiol groups is 1. The van der Waals surface area contributed by atoms with E-state index in [-0.39, 0.29) is 0 Å². The van der Waals surface area contributed by atoms with E-state index in [0.29, 0.717) is 12.3 Å². The van der Waals surface area contributed by atoms with Gasteiger partial charge in [0.1, 0.15) is 5.75 Å². The monoisotopic (exact) mass is 266 g/mol. The molecule has 0 amide bonds. The van der Waals surface area contributed by atoms with Gasteiger partial charge in [-0.05, 0) is 38.3 Å². The largest absolute Gasteiger partial charge is 0.492 e. The maximum absolute atomic E-state index is 5.87. The molecule has 3 nitrogen and oxygen atoms in total. The Hall–Kier alpha value is -1.29. The molecule has 2 N–H and O–H groups in total. The van der Waals surface area contributed by atoms with E-state index in [0.717, 1.165) is 30.1 Å². The van der Waals surface area contributed by atoms with E-state index in [1.807, 2.05) is 19.1 Å². The topological polar surface area (TPSA) is 38.5 Å². The molecule has 0 aliphatic heterocycles. The Bertz CT molecular complexity index is 414. The molecule has 1 aromatic rings. The number of hydrogen-bond donors (Lipinski definition) is 2. The molecule has 0 aliphatic rings. The first-order chi connectivity index (χ1) is 8.67. The Morgan fingerprint density at radius 2 is 2.00 bits per heavy atom. The summed E-state index contributed by atoms with van der Waals surface area (Å²) < 4.78 is 5.71. The second-order valence-corrected chi connectivity index (χ2v) is 4.13. The van der Waals surface area contributed by atoms with Crippen LogP contribution in [0.25, 0.3) is 5.70 Å². The van der Waals surface area contributed by atoms with Gasteiger partial charge in [-0.15, -0.1) is 12.6 Å². The van der Waals surface area contributed by atoms with E-state index in [1.54, 1.807) is 5.41 Å². The average Bonchev–Trinajstić information content (AvgIpc) is 2.41. The van der Waals surface area contributed by atoms with Crippen LogP contribution in [0.2, 0.25) is 0 Å². The van der Waals surface area contributed by atoms with Gasteiger partial charge in [0.2, 0.25) is 0 Å². The lowest BCUT2D eigenvalue weighted by molar-refractivity contribution is 0.340. The van der Waals surface area contributed by atoms with Crippen molar-refractivity contribution in [1.29, 1.82) is 0 Å². The van der Waals surface area contributed by atoms with Gasteiger partial charge in [-0.2, -0.15) is 0 Å². The number of anilines is 1. The number of benzene rings is 1. The third-order valence-electron chi connectivity index (χ3n) is 2.84. The first-order valence-corrected chi connectivity index (χ1v) is 6.81. The summed E-state index contributed by atoms with van der Waals surface area (Å²) in [4.78, 5) is 2.26. The number of rotatable bonds is 6. The van der Waals surface area contributed by atoms with E-state index in [1.165, 1.54) is 0 Å². The summed E-state index contributed by atoms with van der Waals surface area (Å²) in [5.41, 5.74) is 8.55. The van der Waals surface area contributed by atoms with Gasteiger partial charge in [0.05, 0.1) is 12.3 Å². The first kappa shape index (κ1) is 14.8. The summed E-state index contributed by atoms with van der Waals surface area (Å²) in [6.45, 7) is 8.80. The Balaban J connectivity index is 3.19. The zero-order valence-corrected chi connectivity index (χ0v) is 12.2. The Kier molecular flexibility index (Phi) is 5.92. The minimum absolute atomic E-state index is 0.641. The van der Waals surface area contributed by atoms with Gasteiger partial charge >= 0.3 is 0 Å². The molecule has 0 saturated heterocycles. The van der Waals surface area contributed by atoms with Crippen molar-refractivity contribution in [1.82, 2.24) is 0 Å². The van der Waals surface area contributed by atoms with Crippen molar-refractivity contribution in [3.8, 4) is 5.75 Å². The molecule has 100 valence electrons. The van der Waals surface area contributed by atoms with Crippen LogP contribution in [-0.4, -0.2) is 19.7 Å². The van der Waals surface area contributed by atoms with Crippen LogP contribution in [0.5, 0.6) is 5.75 Å². The van der Waals surface area contributed by atoms with E-state index < -0.39 is 0 Å². The minimum atomic E-state index is 0.641. The highest BCUT2D eigenvalue weighted by Gasteiger charge is 2.11. The molecule has 4 heteroatoms. The van der Waals surface area contributed by atoms with Crippen LogP contribution in [0.1, 0.15) is 26.3 Å². The highest BCUT2D eigenvalue weighted by atomic mass is 32.1. The highest BCUT2D eigenvalue weighted by Crippen LogP contribution is 2.31. The van der Waals surface area contributed by atoms with Gasteiger partial charge in [-0.1, -0.05) is 6.07 Å². The zero-order valence-electron chi connectivity index (χ0n) is 11.3. The zero-order chi connectivity index (χ0) is 13.5. The summed E-state index contributed by atoms with van der Waals surface area (Å²) in [6, 6.07) is 6.02. The predicted molar refractivity (Wildman–Crippen MR) is 82.3 cm³/mol. The number of hydrogen-bond acceptors (Lipinski definition) is 4. The van der Waals surface area contributed by atoms with Crippen molar-refractivity contribution in [3.63, 3.8) is 0 Å². The van der Waals surface area contributed by atoms with Crippen molar-refractivity contribution in [2.45, 2.75) is 20.8 Å². The predicted octanol–water partition coefficient (Wildman–Crippen LogP) is 3.12. The summed E-state index contributed by atoms with van der Waals surface area (Å²) in [5, 5.41) is 1.60. The SMILES string of the molecule is CCOc1cc(/C(N)=C/S)ccc1N(CC)CC. The summed E-state index contributed by atoms with van der Waals surface area (Å²) in [7, 11) is 0. The standard InChI is InChI=1S/C14H22N2OS/c1-4-16(5-2)13-8-7-11(12(15)10-18)9-14(13)17-6-3/h7-10,18H,4-6,15H2,1-3H3/b12-10-. The molecule has 0 atom stereocenters. The van der Waals surface area contributed by atoms with Crippen LogP contribution < -0.4 is 15.4 Å². The fraction of sp³-hybridized carbons (Fsp3) is 0.429. The van der Waals surface area contributed by atoms with Gasteiger partial charge < -0.3 is 15.4 Å². The first-order valence-electron chi connectivity index (χ1n) is 6.29. The normalized spacial score (nSPS) is 11.4. The molecule has 0 bridgehead atoms. The average molecular weight is 266 g/mol. The third kappa shape index (κ3) is 3.35. The highest BCUT2D eigenvalue weighted by molar-refractivity contribution is 7.83. The van der Waals surface area contributed by atoms with E-state index in [2.05, 4.69) is 37.4 Å². The smallest absolute Gasteiger partial charge is 0.143 e. The lowest BCUT2D eigenvalue weighted by Crippen LogP contribution is -2.22. The van der Waals surface area contributed by atoms with Gasteiger partial charge in [-0.25, -0.2) is 0 Å². The van der Waals surface area contributed by atoms with Crippen molar-refractivity contribution in [2.24, 2.45) is 5.73 Å². The molecule has 0 aromatic heterocycles. The second-order valence-electron chi connectivity index (χ2n) is 3.87. The second kappa shape index (κ2) is 7.21. The molecule has 0 fully saturated rings. The number of nitrogens with zero attached hydrogens (tertiary/aromatic N) is 1. The molecule has 0 radical (unpaired) electrons. The lowest BCUT2D eigenvalue weighted by Gasteiger charge is -2.24. The van der Waals surface area contributed by atoms with Gasteiger partial charge in [-0.3, -0.25) is 0 Å². The molecule has 1 rings (SSSR count). The van der Waals surface area contributed by atoms with Crippen LogP contribution in [-0.2, 0) is 0 Å². The molecule has 0 heterocycles. The van der Waals surface area contributed by atoms with Crippen LogP contribution in [0.3, 0.4) is 0 Å². The van der Waals surface area contributed by atoms with Crippen molar-refractivity contribution in [2.75, 3.05) is 24.6 Å². The van der Waals surface area contributed by atoms with E-state index >= 15 is 0 Å². The number of ether oxygens (including phenoxy) is 1. The summed E-state index contributed by atoms with van der Waals surface area (Å²) in [5.74, 6) is 0.872. The van der Waals surface area contributed by atoms with Gasteiger partial charge in [0, 0.05) is 24.4 Å². The minimum Gasteiger partial charge on any atom is -0.492 e. The lowest BCUT2D eigenvalue weighted by atomic mass is 10.1. The van der Waals surface area contributed by atoms with Gasteiger partial charge in [0.15, 0.2) is 0 Å². The number of nitrogens with two attached hydrogens (primary N) is 1. The molecular formula is C14H22N2OS. The maximum Gasteiger partial charge on any atom is 0.143 e. The molecule has 0 saturated carbocycles. The Morgan fingerprint density at radius 3 is 2.50 bits per heavy atom. The van der Waals surface area contributed by atoms with Crippen LogP contribution in [0, 0.1) is 0 Å². The van der Waals surface area contributed by atoms with Crippen LogP contribution in [0.15, 0.2) is 23.6 Å². The molecule has 0 spiro atoms. The van der Waals surface area contributed by atoms with Crippen LogP contribution >= 0.6 is 12.6 Å². The van der Waals surface area contributed by atoms with E-state index in [4.69, 9.17) is 10.5 Å². The van der Waals surface area contributed by atoms with E-state index in [9.17, 15) is 0 Å². The fourth-order valence-corrected chi connectivity index (χ4v) is 2.01. The molecule has 0 unspecified atom stereocenters. The van der Waals surface area contributed by atoms with Crippen LogP contribution in [0.4, 0.5) is 5.69 Å². The fourth-order valence-electron chi connectivity index (χ4n) is 1.86. The maximum atomic E-state index is 5.87. The summed E-state index contributed by atoms with van der Waals surface area (Å²) >= 11 is 4.08. The van der Waals surface area contributed by atoms with Crippen molar-refractivity contribution >= 4 is 24.0 Å². The molecule has 18 heavy (non-hydrogen) atoms.